The maximum absolute atomic E-state index is 6.52. The van der Waals surface area contributed by atoms with E-state index >= 15 is 0 Å². The van der Waals surface area contributed by atoms with Crippen molar-refractivity contribution in [2.75, 3.05) is 0 Å². The average molecular weight is 569 g/mol. The fourth-order valence-electron chi connectivity index (χ4n) is 4.54. The number of hydrazone groups is 1. The molecule has 0 aromatic heterocycles. The summed E-state index contributed by atoms with van der Waals surface area (Å²) in [6.45, 7) is 0. The maximum atomic E-state index is 6.52. The molecular formula is C26H17Br2ClN2O. The van der Waals surface area contributed by atoms with Crippen LogP contribution < -0.4 is 4.74 Å². The smallest absolute Gasteiger partial charge is 0.213 e. The number of fused-ring (bicyclic) bond motifs is 4. The largest absolute Gasteiger partial charge is 0.463 e. The molecule has 3 nitrogen and oxygen atoms in total. The number of ether oxygens (including phenoxy) is 1. The lowest BCUT2D eigenvalue weighted by molar-refractivity contribution is -0.0197. The van der Waals surface area contributed by atoms with E-state index in [1.807, 2.05) is 30.3 Å². The van der Waals surface area contributed by atoms with Crippen LogP contribution in [0.3, 0.4) is 0 Å². The Kier molecular flexibility index (Phi) is 5.01. The van der Waals surface area contributed by atoms with Crippen LogP contribution in [-0.2, 0) is 0 Å². The Labute approximate surface area is 207 Å². The molecule has 0 saturated carbocycles. The van der Waals surface area contributed by atoms with Gasteiger partial charge in [-0.1, -0.05) is 76.1 Å². The molecule has 0 amide bonds. The quantitative estimate of drug-likeness (QED) is 0.243. The number of hydrogen-bond acceptors (Lipinski definition) is 3. The van der Waals surface area contributed by atoms with Crippen LogP contribution in [0.25, 0.3) is 10.8 Å². The molecule has 2 atom stereocenters. The Bertz CT molecular complexity index is 1400. The molecule has 6 heteroatoms. The SMILES string of the molecule is Clc1cccc([C@H]2Oc3c(Br)cc(Br)cc3[C@H]3CC(c4ccc5ccccc5c4)=NN32)c1. The first-order valence-corrected chi connectivity index (χ1v) is 12.3. The van der Waals surface area contributed by atoms with Crippen molar-refractivity contribution in [3.05, 3.63) is 110 Å². The summed E-state index contributed by atoms with van der Waals surface area (Å²) in [7, 11) is 0. The molecule has 158 valence electrons. The molecular weight excluding hydrogens is 552 g/mol. The zero-order chi connectivity index (χ0) is 21.8. The Hall–Kier alpha value is -2.34. The average Bonchev–Trinajstić information content (AvgIpc) is 3.24. The van der Waals surface area contributed by atoms with Gasteiger partial charge in [0.25, 0.3) is 0 Å². The van der Waals surface area contributed by atoms with Crippen molar-refractivity contribution in [2.24, 2.45) is 5.10 Å². The molecule has 2 aliphatic heterocycles. The van der Waals surface area contributed by atoms with Crippen LogP contribution in [0.15, 0.2) is 92.9 Å². The van der Waals surface area contributed by atoms with E-state index in [9.17, 15) is 0 Å². The topological polar surface area (TPSA) is 24.8 Å². The second-order valence-electron chi connectivity index (χ2n) is 8.04. The van der Waals surface area contributed by atoms with E-state index in [1.165, 1.54) is 10.8 Å². The van der Waals surface area contributed by atoms with Crippen LogP contribution >= 0.6 is 43.5 Å². The van der Waals surface area contributed by atoms with Crippen LogP contribution in [0.5, 0.6) is 5.75 Å². The highest BCUT2D eigenvalue weighted by molar-refractivity contribution is 9.11. The lowest BCUT2D eigenvalue weighted by Gasteiger charge is -2.38. The zero-order valence-corrected chi connectivity index (χ0v) is 20.7. The highest BCUT2D eigenvalue weighted by atomic mass is 79.9. The van der Waals surface area contributed by atoms with Gasteiger partial charge >= 0.3 is 0 Å². The maximum Gasteiger partial charge on any atom is 0.213 e. The highest BCUT2D eigenvalue weighted by Crippen LogP contribution is 2.51. The molecule has 2 aliphatic rings. The Morgan fingerprint density at radius 1 is 0.906 bits per heavy atom. The molecule has 0 radical (unpaired) electrons. The van der Waals surface area contributed by atoms with Gasteiger partial charge in [-0.3, -0.25) is 0 Å². The normalized spacial score (nSPS) is 19.3. The first-order valence-electron chi connectivity index (χ1n) is 10.3. The predicted molar refractivity (Wildman–Crippen MR) is 136 cm³/mol. The molecule has 0 bridgehead atoms. The van der Waals surface area contributed by atoms with Crippen LogP contribution in [0.2, 0.25) is 5.02 Å². The minimum Gasteiger partial charge on any atom is -0.463 e. The van der Waals surface area contributed by atoms with Gasteiger partial charge in [0.2, 0.25) is 6.23 Å². The second kappa shape index (κ2) is 7.91. The van der Waals surface area contributed by atoms with Crippen LogP contribution in [0.1, 0.15) is 35.4 Å². The number of benzene rings is 4. The lowest BCUT2D eigenvalue weighted by Crippen LogP contribution is -2.33. The van der Waals surface area contributed by atoms with Crippen molar-refractivity contribution < 1.29 is 4.74 Å². The van der Waals surface area contributed by atoms with Crippen LogP contribution in [-0.4, -0.2) is 10.7 Å². The molecule has 4 aromatic carbocycles. The lowest BCUT2D eigenvalue weighted by atomic mass is 9.95. The van der Waals surface area contributed by atoms with Crippen molar-refractivity contribution >= 4 is 59.9 Å². The molecule has 0 fully saturated rings. The Morgan fingerprint density at radius 3 is 2.59 bits per heavy atom. The van der Waals surface area contributed by atoms with Gasteiger partial charge in [-0.2, -0.15) is 5.10 Å². The molecule has 6 rings (SSSR count). The third kappa shape index (κ3) is 3.43. The van der Waals surface area contributed by atoms with Gasteiger partial charge in [0, 0.05) is 27.0 Å². The predicted octanol–water partition coefficient (Wildman–Crippen LogP) is 8.26. The van der Waals surface area contributed by atoms with E-state index in [0.29, 0.717) is 5.02 Å². The summed E-state index contributed by atoms with van der Waals surface area (Å²) in [5, 5.41) is 10.3. The third-order valence-corrected chi connectivity index (χ3v) is 7.31. The summed E-state index contributed by atoms with van der Waals surface area (Å²) in [6, 6.07) is 27.0. The van der Waals surface area contributed by atoms with Crippen molar-refractivity contribution in [2.45, 2.75) is 18.7 Å². The van der Waals surface area contributed by atoms with E-state index in [-0.39, 0.29) is 12.3 Å². The summed E-state index contributed by atoms with van der Waals surface area (Å²) >= 11 is 13.6. The van der Waals surface area contributed by atoms with Crippen molar-refractivity contribution in [1.29, 1.82) is 0 Å². The molecule has 32 heavy (non-hydrogen) atoms. The van der Waals surface area contributed by atoms with Crippen LogP contribution in [0, 0.1) is 0 Å². The van der Waals surface area contributed by atoms with E-state index in [2.05, 4.69) is 85.4 Å². The molecule has 4 aromatic rings. The molecule has 2 heterocycles. The minimum atomic E-state index is -0.360. The first-order chi connectivity index (χ1) is 15.6. The van der Waals surface area contributed by atoms with E-state index in [1.54, 1.807) is 0 Å². The fraction of sp³-hybridized carbons (Fsp3) is 0.115. The van der Waals surface area contributed by atoms with Crippen molar-refractivity contribution in [3.8, 4) is 5.75 Å². The summed E-state index contributed by atoms with van der Waals surface area (Å²) in [5.74, 6) is 0.856. The summed E-state index contributed by atoms with van der Waals surface area (Å²) in [5.41, 5.74) is 4.29. The standard InChI is InChI=1S/C26H17Br2ClN2O/c27-19-12-21-24-14-23(17-9-8-15-4-1-2-5-16(15)10-17)30-31(24)26(32-25(21)22(28)13-19)18-6-3-7-20(29)11-18/h1-13,24,26H,14H2/t24-,26-/m1/s1. The Morgan fingerprint density at radius 2 is 1.75 bits per heavy atom. The van der Waals surface area contributed by atoms with E-state index in [4.69, 9.17) is 21.4 Å². The molecule has 0 saturated heterocycles. The van der Waals surface area contributed by atoms with Gasteiger partial charge in [-0.15, -0.1) is 0 Å². The monoisotopic (exact) mass is 566 g/mol. The second-order valence-corrected chi connectivity index (χ2v) is 10.2. The van der Waals surface area contributed by atoms with Gasteiger partial charge in [-0.05, 0) is 62.6 Å². The molecule has 0 N–H and O–H groups in total. The number of nitrogens with zero attached hydrogens (tertiary/aromatic N) is 2. The molecule has 0 aliphatic carbocycles. The number of halogens is 3. The van der Waals surface area contributed by atoms with Gasteiger partial charge in [0.1, 0.15) is 5.75 Å². The third-order valence-electron chi connectivity index (χ3n) is 6.02. The summed E-state index contributed by atoms with van der Waals surface area (Å²) in [4.78, 5) is 0. The van der Waals surface area contributed by atoms with Crippen molar-refractivity contribution in [1.82, 2.24) is 5.01 Å². The molecule has 0 unspecified atom stereocenters. The van der Waals surface area contributed by atoms with Gasteiger partial charge in [0.15, 0.2) is 0 Å². The summed E-state index contributed by atoms with van der Waals surface area (Å²) < 4.78 is 8.45. The fourth-order valence-corrected chi connectivity index (χ4v) is 6.09. The number of rotatable bonds is 2. The zero-order valence-electron chi connectivity index (χ0n) is 16.8. The van der Waals surface area contributed by atoms with Gasteiger partial charge < -0.3 is 4.74 Å². The van der Waals surface area contributed by atoms with Gasteiger partial charge in [0.05, 0.1) is 16.2 Å². The highest BCUT2D eigenvalue weighted by Gasteiger charge is 2.42. The minimum absolute atomic E-state index is 0.0676. The van der Waals surface area contributed by atoms with E-state index < -0.39 is 0 Å². The van der Waals surface area contributed by atoms with Crippen molar-refractivity contribution in [3.63, 3.8) is 0 Å². The van der Waals surface area contributed by atoms with Gasteiger partial charge in [-0.25, -0.2) is 5.01 Å². The summed E-state index contributed by atoms with van der Waals surface area (Å²) in [6.07, 6.45) is 0.441. The number of hydrogen-bond donors (Lipinski definition) is 0. The first kappa shape index (κ1) is 20.3. The molecule has 0 spiro atoms. The van der Waals surface area contributed by atoms with Crippen LogP contribution in [0.4, 0.5) is 0 Å². The Balaban J connectivity index is 1.48. The van der Waals surface area contributed by atoms with E-state index in [0.717, 1.165) is 43.5 Å².